The van der Waals surface area contributed by atoms with Crippen molar-refractivity contribution in [2.45, 2.75) is 5.75 Å². The zero-order valence-electron chi connectivity index (χ0n) is 18.8. The van der Waals surface area contributed by atoms with E-state index in [2.05, 4.69) is 14.9 Å². The van der Waals surface area contributed by atoms with E-state index in [1.807, 2.05) is 30.5 Å². The molecule has 1 aromatic carbocycles. The van der Waals surface area contributed by atoms with Gasteiger partial charge in [-0.1, -0.05) is 0 Å². The van der Waals surface area contributed by atoms with Gasteiger partial charge in [0.2, 0.25) is 5.91 Å². The van der Waals surface area contributed by atoms with Crippen LogP contribution in [-0.4, -0.2) is 92.5 Å². The lowest BCUT2D eigenvalue weighted by atomic mass is 10.1. The van der Waals surface area contributed by atoms with Crippen LogP contribution in [0.3, 0.4) is 0 Å². The number of carbonyl (C=O) groups excluding carboxylic acids is 1. The van der Waals surface area contributed by atoms with Crippen molar-refractivity contribution in [2.75, 3.05) is 63.3 Å². The first-order valence-electron chi connectivity index (χ1n) is 11.3. The monoisotopic (exact) mass is 485 g/mol. The molecule has 0 atom stereocenters. The minimum absolute atomic E-state index is 0.331. The Balaban J connectivity index is 1.44. The highest BCUT2D eigenvalue weighted by atomic mass is 32.2. The Morgan fingerprint density at radius 2 is 1.71 bits per heavy atom. The lowest BCUT2D eigenvalue weighted by Gasteiger charge is -2.28. The number of amides is 1. The molecule has 5 rings (SSSR count). The third-order valence-electron chi connectivity index (χ3n) is 5.99. The van der Waals surface area contributed by atoms with Crippen molar-refractivity contribution in [3.63, 3.8) is 0 Å². The zero-order chi connectivity index (χ0) is 23.5. The largest absolute Gasteiger partial charge is 0.378 e. The average Bonchev–Trinajstić information content (AvgIpc) is 3.32. The van der Waals surface area contributed by atoms with Crippen LogP contribution in [0.4, 0.5) is 5.82 Å². The van der Waals surface area contributed by atoms with Gasteiger partial charge < -0.3 is 24.3 Å². The van der Waals surface area contributed by atoms with Crippen molar-refractivity contribution in [1.82, 2.24) is 19.9 Å². The Kier molecular flexibility index (Phi) is 6.48. The van der Waals surface area contributed by atoms with Gasteiger partial charge in [0.25, 0.3) is 0 Å². The first-order valence-corrected chi connectivity index (χ1v) is 13.1. The Hall–Kier alpha value is -3.02. The highest BCUT2D eigenvalue weighted by Crippen LogP contribution is 2.25. The number of fused-ring (bicyclic) bond motifs is 1. The minimum Gasteiger partial charge on any atom is -0.378 e. The van der Waals surface area contributed by atoms with Gasteiger partial charge in [-0.2, -0.15) is 0 Å². The normalized spacial score (nSPS) is 17.3. The summed E-state index contributed by atoms with van der Waals surface area (Å²) >= 11 is 0. The number of nitrogens with zero attached hydrogens (tertiary/aromatic N) is 4. The van der Waals surface area contributed by atoms with Crippen LogP contribution in [0, 0.1) is 0 Å². The minimum atomic E-state index is -3.73. The summed E-state index contributed by atoms with van der Waals surface area (Å²) in [4.78, 5) is 28.6. The fourth-order valence-corrected chi connectivity index (χ4v) is 5.46. The SMILES string of the molecule is O=C(CS(=O)(=O)Cc1cc(N2CCOCC2)nc(-c2ccc3[nH]ccc3c2)n1)N1CCOCC1. The number of sulfone groups is 1. The fraction of sp³-hybridized carbons (Fsp3) is 0.435. The van der Waals surface area contributed by atoms with Crippen LogP contribution in [0.15, 0.2) is 36.5 Å². The number of morpholine rings is 2. The third-order valence-corrected chi connectivity index (χ3v) is 7.41. The molecule has 0 aliphatic carbocycles. The van der Waals surface area contributed by atoms with E-state index in [0.29, 0.717) is 69.9 Å². The van der Waals surface area contributed by atoms with Crippen LogP contribution >= 0.6 is 0 Å². The summed E-state index contributed by atoms with van der Waals surface area (Å²) in [6.07, 6.45) is 1.86. The molecule has 2 aliphatic rings. The molecule has 0 saturated carbocycles. The third kappa shape index (κ3) is 5.21. The predicted molar refractivity (Wildman–Crippen MR) is 127 cm³/mol. The lowest BCUT2D eigenvalue weighted by Crippen LogP contribution is -2.43. The fourth-order valence-electron chi connectivity index (χ4n) is 4.20. The van der Waals surface area contributed by atoms with Gasteiger partial charge in [0.1, 0.15) is 11.6 Å². The summed E-state index contributed by atoms with van der Waals surface area (Å²) in [5.41, 5.74) is 2.16. The van der Waals surface area contributed by atoms with Crippen LogP contribution in [0.25, 0.3) is 22.3 Å². The molecule has 2 fully saturated rings. The van der Waals surface area contributed by atoms with Gasteiger partial charge in [-0.05, 0) is 24.3 Å². The quantitative estimate of drug-likeness (QED) is 0.554. The highest BCUT2D eigenvalue weighted by molar-refractivity contribution is 7.91. The van der Waals surface area contributed by atoms with Crippen molar-refractivity contribution < 1.29 is 22.7 Å². The first-order chi connectivity index (χ1) is 16.5. The van der Waals surface area contributed by atoms with Crippen molar-refractivity contribution >= 4 is 32.5 Å². The molecule has 0 bridgehead atoms. The summed E-state index contributed by atoms with van der Waals surface area (Å²) in [7, 11) is -3.73. The van der Waals surface area contributed by atoms with Crippen LogP contribution in [0.2, 0.25) is 0 Å². The maximum Gasteiger partial charge on any atom is 0.237 e. The molecular weight excluding hydrogens is 458 g/mol. The van der Waals surface area contributed by atoms with Gasteiger partial charge in [-0.3, -0.25) is 4.79 Å². The number of H-pyrrole nitrogens is 1. The van der Waals surface area contributed by atoms with Gasteiger partial charge in [0.05, 0.1) is 37.9 Å². The molecular formula is C23H27N5O5S. The highest BCUT2D eigenvalue weighted by Gasteiger charge is 2.25. The second kappa shape index (κ2) is 9.69. The Labute approximate surface area is 197 Å². The topological polar surface area (TPSA) is 118 Å². The van der Waals surface area contributed by atoms with Gasteiger partial charge in [-0.15, -0.1) is 0 Å². The standard InChI is InChI=1S/C23H27N5O5S/c29-22(28-7-11-33-12-8-28)16-34(30,31)15-19-14-21(27-5-9-32-10-6-27)26-23(25-19)18-1-2-20-17(13-18)3-4-24-20/h1-4,13-14,24H,5-12,15-16H2. The van der Waals surface area contributed by atoms with E-state index in [0.717, 1.165) is 16.5 Å². The number of nitrogens with one attached hydrogen (secondary N) is 1. The molecule has 34 heavy (non-hydrogen) atoms. The summed E-state index contributed by atoms with van der Waals surface area (Å²) in [5.74, 6) is -0.162. The van der Waals surface area contributed by atoms with Gasteiger partial charge >= 0.3 is 0 Å². The van der Waals surface area contributed by atoms with Gasteiger partial charge in [0, 0.05) is 54.9 Å². The summed E-state index contributed by atoms with van der Waals surface area (Å²) in [5, 5.41) is 1.02. The molecule has 2 aromatic heterocycles. The summed E-state index contributed by atoms with van der Waals surface area (Å²) < 4.78 is 36.6. The number of ether oxygens (including phenoxy) is 2. The van der Waals surface area contributed by atoms with E-state index in [4.69, 9.17) is 14.5 Å². The maximum absolute atomic E-state index is 13.0. The number of carbonyl (C=O) groups is 1. The summed E-state index contributed by atoms with van der Waals surface area (Å²) in [6, 6.07) is 9.52. The van der Waals surface area contributed by atoms with Crippen LogP contribution in [-0.2, 0) is 29.9 Å². The van der Waals surface area contributed by atoms with Crippen molar-refractivity contribution in [3.8, 4) is 11.4 Å². The van der Waals surface area contributed by atoms with E-state index >= 15 is 0 Å². The lowest BCUT2D eigenvalue weighted by molar-refractivity contribution is -0.132. The molecule has 1 N–H and O–H groups in total. The number of benzene rings is 1. The van der Waals surface area contributed by atoms with Crippen molar-refractivity contribution in [2.24, 2.45) is 0 Å². The van der Waals surface area contributed by atoms with E-state index in [-0.39, 0.29) is 5.75 Å². The van der Waals surface area contributed by atoms with E-state index in [1.54, 1.807) is 6.07 Å². The van der Waals surface area contributed by atoms with Gasteiger partial charge in [-0.25, -0.2) is 18.4 Å². The molecule has 2 saturated heterocycles. The van der Waals surface area contributed by atoms with E-state index < -0.39 is 21.5 Å². The Morgan fingerprint density at radius 3 is 2.47 bits per heavy atom. The molecule has 180 valence electrons. The second-order valence-electron chi connectivity index (χ2n) is 8.45. The molecule has 2 aliphatic heterocycles. The summed E-state index contributed by atoms with van der Waals surface area (Å²) in [6.45, 7) is 4.16. The molecule has 0 unspecified atom stereocenters. The zero-order valence-corrected chi connectivity index (χ0v) is 19.6. The van der Waals surface area contributed by atoms with Crippen LogP contribution < -0.4 is 4.90 Å². The second-order valence-corrected chi connectivity index (χ2v) is 10.5. The number of anilines is 1. The molecule has 10 nitrogen and oxygen atoms in total. The smallest absolute Gasteiger partial charge is 0.237 e. The molecule has 3 aromatic rings. The Bertz CT molecular complexity index is 1280. The van der Waals surface area contributed by atoms with E-state index in [9.17, 15) is 13.2 Å². The number of aromatic nitrogens is 3. The maximum atomic E-state index is 13.0. The molecule has 0 radical (unpaired) electrons. The number of hydrogen-bond donors (Lipinski definition) is 1. The Morgan fingerprint density at radius 1 is 0.971 bits per heavy atom. The van der Waals surface area contributed by atoms with Crippen molar-refractivity contribution in [1.29, 1.82) is 0 Å². The van der Waals surface area contributed by atoms with Crippen LogP contribution in [0.5, 0.6) is 0 Å². The number of aromatic amines is 1. The molecule has 11 heteroatoms. The van der Waals surface area contributed by atoms with E-state index in [1.165, 1.54) is 4.90 Å². The first kappa shape index (κ1) is 22.8. The number of rotatable bonds is 6. The van der Waals surface area contributed by atoms with Gasteiger partial charge in [0.15, 0.2) is 15.7 Å². The van der Waals surface area contributed by atoms with Crippen LogP contribution in [0.1, 0.15) is 5.69 Å². The molecule has 1 amide bonds. The average molecular weight is 486 g/mol. The molecule has 0 spiro atoms. The van der Waals surface area contributed by atoms with Crippen molar-refractivity contribution in [3.05, 3.63) is 42.2 Å². The molecule has 4 heterocycles. The number of hydrogen-bond acceptors (Lipinski definition) is 8. The predicted octanol–water partition coefficient (Wildman–Crippen LogP) is 1.24.